The maximum atomic E-state index is 9.36. The van der Waals surface area contributed by atoms with Gasteiger partial charge in [-0.15, -0.1) is 0 Å². The van der Waals surface area contributed by atoms with E-state index >= 15 is 0 Å². The largest absolute Gasteiger partial charge is 0.493 e. The zero-order valence-corrected chi connectivity index (χ0v) is 13.6. The number of benzene rings is 1. The first-order chi connectivity index (χ1) is 9.93. The standard InChI is InChI=1S/C18H26N2O/c1-13(2)15-6-5-14(3)17(11-15)21-10-9-18(4,12-19)20-16-7-8-16/h5-6,11,13,16,20H,7-10H2,1-4H3. The van der Waals surface area contributed by atoms with Gasteiger partial charge >= 0.3 is 0 Å². The van der Waals surface area contributed by atoms with Gasteiger partial charge in [-0.1, -0.05) is 26.0 Å². The third kappa shape index (κ3) is 4.47. The van der Waals surface area contributed by atoms with Crippen LogP contribution in [0.4, 0.5) is 0 Å². The lowest BCUT2D eigenvalue weighted by Gasteiger charge is -2.23. The smallest absolute Gasteiger partial charge is 0.122 e. The molecule has 0 spiro atoms. The number of nitriles is 1. The molecule has 0 heterocycles. The molecule has 1 aromatic carbocycles. The highest BCUT2D eigenvalue weighted by atomic mass is 16.5. The van der Waals surface area contributed by atoms with E-state index in [1.54, 1.807) is 0 Å². The summed E-state index contributed by atoms with van der Waals surface area (Å²) in [7, 11) is 0. The molecule has 0 radical (unpaired) electrons. The summed E-state index contributed by atoms with van der Waals surface area (Å²) in [6.45, 7) is 8.95. The molecular weight excluding hydrogens is 260 g/mol. The summed E-state index contributed by atoms with van der Waals surface area (Å²) < 4.78 is 5.94. The number of ether oxygens (including phenoxy) is 1. The van der Waals surface area contributed by atoms with Crippen molar-refractivity contribution in [1.82, 2.24) is 5.32 Å². The van der Waals surface area contributed by atoms with E-state index in [4.69, 9.17) is 4.74 Å². The van der Waals surface area contributed by atoms with Crippen molar-refractivity contribution in [3.8, 4) is 11.8 Å². The predicted molar refractivity (Wildman–Crippen MR) is 85.6 cm³/mol. The Morgan fingerprint density at radius 1 is 1.43 bits per heavy atom. The molecule has 1 aromatic rings. The molecule has 1 N–H and O–H groups in total. The molecule has 0 aromatic heterocycles. The topological polar surface area (TPSA) is 45.0 Å². The molecule has 114 valence electrons. The Balaban J connectivity index is 1.93. The van der Waals surface area contributed by atoms with Crippen LogP contribution in [0.25, 0.3) is 0 Å². The molecule has 0 bridgehead atoms. The fourth-order valence-corrected chi connectivity index (χ4v) is 2.33. The maximum Gasteiger partial charge on any atom is 0.122 e. The van der Waals surface area contributed by atoms with Gasteiger partial charge in [0, 0.05) is 12.5 Å². The van der Waals surface area contributed by atoms with Crippen molar-refractivity contribution in [3.05, 3.63) is 29.3 Å². The highest BCUT2D eigenvalue weighted by molar-refractivity contribution is 5.37. The van der Waals surface area contributed by atoms with Crippen molar-refractivity contribution in [2.24, 2.45) is 0 Å². The highest BCUT2D eigenvalue weighted by Gasteiger charge is 2.32. The molecule has 21 heavy (non-hydrogen) atoms. The van der Waals surface area contributed by atoms with Crippen LogP contribution in [0.15, 0.2) is 18.2 Å². The zero-order valence-electron chi connectivity index (χ0n) is 13.6. The van der Waals surface area contributed by atoms with Gasteiger partial charge in [-0.3, -0.25) is 5.32 Å². The predicted octanol–water partition coefficient (Wildman–Crippen LogP) is 3.92. The average molecular weight is 286 g/mol. The first kappa shape index (κ1) is 15.9. The molecule has 1 aliphatic carbocycles. The van der Waals surface area contributed by atoms with Gasteiger partial charge in [0.15, 0.2) is 0 Å². The van der Waals surface area contributed by atoms with Gasteiger partial charge in [0.2, 0.25) is 0 Å². The van der Waals surface area contributed by atoms with Crippen molar-refractivity contribution in [2.45, 2.75) is 64.5 Å². The monoisotopic (exact) mass is 286 g/mol. The van der Waals surface area contributed by atoms with Gasteiger partial charge in [0.25, 0.3) is 0 Å². The van der Waals surface area contributed by atoms with E-state index < -0.39 is 5.54 Å². The van der Waals surface area contributed by atoms with Gasteiger partial charge < -0.3 is 4.74 Å². The quantitative estimate of drug-likeness (QED) is 0.826. The lowest BCUT2D eigenvalue weighted by atomic mass is 10.00. The number of hydrogen-bond donors (Lipinski definition) is 1. The molecule has 3 nitrogen and oxygen atoms in total. The fourth-order valence-electron chi connectivity index (χ4n) is 2.33. The van der Waals surface area contributed by atoms with Crippen molar-refractivity contribution in [3.63, 3.8) is 0 Å². The molecule has 1 aliphatic rings. The average Bonchev–Trinajstić information content (AvgIpc) is 3.24. The number of nitrogens with zero attached hydrogens (tertiary/aromatic N) is 1. The van der Waals surface area contributed by atoms with Crippen molar-refractivity contribution >= 4 is 0 Å². The second-order valence-corrected chi connectivity index (χ2v) is 6.64. The molecule has 0 saturated heterocycles. The van der Waals surface area contributed by atoms with Gasteiger partial charge in [-0.2, -0.15) is 5.26 Å². The first-order valence-corrected chi connectivity index (χ1v) is 7.86. The Morgan fingerprint density at radius 3 is 2.71 bits per heavy atom. The number of aryl methyl sites for hydroxylation is 1. The summed E-state index contributed by atoms with van der Waals surface area (Å²) in [5.74, 6) is 1.43. The summed E-state index contributed by atoms with van der Waals surface area (Å²) in [4.78, 5) is 0. The molecule has 2 rings (SSSR count). The molecule has 1 saturated carbocycles. The van der Waals surface area contributed by atoms with Crippen LogP contribution in [0.2, 0.25) is 0 Å². The Morgan fingerprint density at radius 2 is 2.14 bits per heavy atom. The van der Waals surface area contributed by atoms with Crippen molar-refractivity contribution < 1.29 is 4.74 Å². The first-order valence-electron chi connectivity index (χ1n) is 7.86. The van der Waals surface area contributed by atoms with Crippen LogP contribution in [0, 0.1) is 18.3 Å². The second kappa shape index (κ2) is 6.49. The van der Waals surface area contributed by atoms with Crippen LogP contribution in [0.3, 0.4) is 0 Å². The minimum Gasteiger partial charge on any atom is -0.493 e. The lowest BCUT2D eigenvalue weighted by molar-refractivity contribution is 0.264. The van der Waals surface area contributed by atoms with Gasteiger partial charge in [0.05, 0.1) is 12.7 Å². The van der Waals surface area contributed by atoms with Gasteiger partial charge in [-0.05, 0) is 49.8 Å². The lowest BCUT2D eigenvalue weighted by Crippen LogP contribution is -2.43. The van der Waals surface area contributed by atoms with E-state index in [0.29, 0.717) is 25.0 Å². The molecule has 1 fully saturated rings. The van der Waals surface area contributed by atoms with Gasteiger partial charge in [-0.25, -0.2) is 0 Å². The van der Waals surface area contributed by atoms with Crippen LogP contribution in [0.1, 0.15) is 57.1 Å². The molecular formula is C18H26N2O. The number of rotatable bonds is 7. The van der Waals surface area contributed by atoms with Gasteiger partial charge in [0.1, 0.15) is 11.3 Å². The highest BCUT2D eigenvalue weighted by Crippen LogP contribution is 2.26. The van der Waals surface area contributed by atoms with E-state index in [2.05, 4.69) is 50.4 Å². The van der Waals surface area contributed by atoms with Crippen molar-refractivity contribution in [2.75, 3.05) is 6.61 Å². The van der Waals surface area contributed by atoms with Crippen LogP contribution >= 0.6 is 0 Å². The SMILES string of the molecule is Cc1ccc(C(C)C)cc1OCCC(C)(C#N)NC1CC1. The Labute approximate surface area is 128 Å². The zero-order chi connectivity index (χ0) is 15.5. The minimum absolute atomic E-state index is 0.481. The Kier molecular flexibility index (Phi) is 4.90. The summed E-state index contributed by atoms with van der Waals surface area (Å²) in [6.07, 6.45) is 3.08. The molecule has 3 heteroatoms. The summed E-state index contributed by atoms with van der Waals surface area (Å²) in [5, 5.41) is 12.8. The minimum atomic E-state index is -0.481. The number of hydrogen-bond acceptors (Lipinski definition) is 3. The molecule has 1 unspecified atom stereocenters. The van der Waals surface area contributed by atoms with E-state index in [1.807, 2.05) is 6.92 Å². The van der Waals surface area contributed by atoms with Crippen LogP contribution in [-0.2, 0) is 0 Å². The van der Waals surface area contributed by atoms with Crippen LogP contribution < -0.4 is 10.1 Å². The van der Waals surface area contributed by atoms with Crippen LogP contribution in [-0.4, -0.2) is 18.2 Å². The second-order valence-electron chi connectivity index (χ2n) is 6.64. The fraction of sp³-hybridized carbons (Fsp3) is 0.611. The third-order valence-electron chi connectivity index (χ3n) is 4.09. The van der Waals surface area contributed by atoms with Crippen molar-refractivity contribution in [1.29, 1.82) is 5.26 Å². The Hall–Kier alpha value is -1.53. The summed E-state index contributed by atoms with van der Waals surface area (Å²) >= 11 is 0. The number of nitrogens with one attached hydrogen (secondary N) is 1. The summed E-state index contributed by atoms with van der Waals surface area (Å²) in [6, 6.07) is 9.30. The third-order valence-corrected chi connectivity index (χ3v) is 4.09. The normalized spacial score (nSPS) is 17.3. The maximum absolute atomic E-state index is 9.36. The summed E-state index contributed by atoms with van der Waals surface area (Å²) in [5.41, 5.74) is 1.95. The molecule has 0 amide bonds. The van der Waals surface area contributed by atoms with E-state index in [0.717, 1.165) is 11.3 Å². The molecule has 1 atom stereocenters. The molecule has 0 aliphatic heterocycles. The van der Waals surface area contributed by atoms with E-state index in [-0.39, 0.29) is 0 Å². The Bertz CT molecular complexity index is 529. The van der Waals surface area contributed by atoms with E-state index in [9.17, 15) is 5.26 Å². The van der Waals surface area contributed by atoms with Crippen LogP contribution in [0.5, 0.6) is 5.75 Å². The van der Waals surface area contributed by atoms with E-state index in [1.165, 1.54) is 18.4 Å².